The number of carbonyl (C=O) groups excluding carboxylic acids is 1. The van der Waals surface area contributed by atoms with Gasteiger partial charge in [0.2, 0.25) is 0 Å². The molecule has 160 valence electrons. The maximum Gasteiger partial charge on any atom is 0.416 e. The van der Waals surface area contributed by atoms with Crippen LogP contribution in [0.2, 0.25) is 0 Å². The first-order chi connectivity index (χ1) is 14.7. The molecule has 3 rings (SSSR count). The highest BCUT2D eigenvalue weighted by Gasteiger charge is 2.30. The van der Waals surface area contributed by atoms with Crippen molar-refractivity contribution in [1.29, 1.82) is 0 Å². The summed E-state index contributed by atoms with van der Waals surface area (Å²) in [6.07, 6.45) is -3.15. The Labute approximate surface area is 198 Å². The largest absolute Gasteiger partial charge is 0.488 e. The minimum Gasteiger partial charge on any atom is -0.488 e. The van der Waals surface area contributed by atoms with Crippen LogP contribution >= 0.6 is 38.5 Å². The van der Waals surface area contributed by atoms with Gasteiger partial charge < -0.3 is 4.74 Å². The van der Waals surface area contributed by atoms with Gasteiger partial charge in [0.05, 0.1) is 11.8 Å². The van der Waals surface area contributed by atoms with Gasteiger partial charge in [-0.3, -0.25) is 4.79 Å². The lowest BCUT2D eigenvalue weighted by molar-refractivity contribution is -0.137. The molecule has 0 aliphatic rings. The van der Waals surface area contributed by atoms with Crippen LogP contribution in [-0.4, -0.2) is 12.1 Å². The van der Waals surface area contributed by atoms with Crippen LogP contribution in [0, 0.1) is 3.57 Å². The molecule has 0 bridgehead atoms. The Kier molecular flexibility index (Phi) is 7.71. The zero-order valence-electron chi connectivity index (χ0n) is 15.8. The summed E-state index contributed by atoms with van der Waals surface area (Å²) in [6.45, 7) is 0.343. The molecule has 0 unspecified atom stereocenters. The third-order valence-corrected chi connectivity index (χ3v) is 5.31. The number of amides is 1. The number of carbonyl (C=O) groups is 1. The quantitative estimate of drug-likeness (QED) is 0.201. The summed E-state index contributed by atoms with van der Waals surface area (Å²) >= 11 is 5.59. The molecule has 31 heavy (non-hydrogen) atoms. The van der Waals surface area contributed by atoms with Crippen molar-refractivity contribution in [3.05, 3.63) is 97.0 Å². The summed E-state index contributed by atoms with van der Waals surface area (Å²) in [7, 11) is 0. The summed E-state index contributed by atoms with van der Waals surface area (Å²) in [5.41, 5.74) is 2.78. The molecule has 0 radical (unpaired) electrons. The van der Waals surface area contributed by atoms with E-state index in [1.807, 2.05) is 30.3 Å². The molecule has 0 spiro atoms. The van der Waals surface area contributed by atoms with Crippen molar-refractivity contribution in [1.82, 2.24) is 5.43 Å². The van der Waals surface area contributed by atoms with E-state index >= 15 is 0 Å². The van der Waals surface area contributed by atoms with E-state index in [4.69, 9.17) is 4.74 Å². The number of ether oxygens (including phenoxy) is 1. The third kappa shape index (κ3) is 6.79. The standard InChI is InChI=1S/C22H15BrF3IN2O2/c23-18-6-9-20(31-13-14-4-7-19(27)8-5-14)16(11-18)12-28-29-21(30)15-2-1-3-17(10-15)22(24,25)26/h1-12H,13H2,(H,29,30)/b28-12-. The fourth-order valence-electron chi connectivity index (χ4n) is 2.56. The average Bonchev–Trinajstić information content (AvgIpc) is 2.74. The zero-order valence-corrected chi connectivity index (χ0v) is 19.5. The molecule has 3 aromatic rings. The molecular formula is C22H15BrF3IN2O2. The van der Waals surface area contributed by atoms with Crippen LogP contribution in [0.5, 0.6) is 5.75 Å². The lowest BCUT2D eigenvalue weighted by atomic mass is 10.1. The van der Waals surface area contributed by atoms with Gasteiger partial charge in [-0.2, -0.15) is 18.3 Å². The third-order valence-electron chi connectivity index (χ3n) is 4.10. The second kappa shape index (κ2) is 10.3. The first-order valence-electron chi connectivity index (χ1n) is 8.90. The van der Waals surface area contributed by atoms with E-state index in [-0.39, 0.29) is 5.56 Å². The van der Waals surface area contributed by atoms with Crippen molar-refractivity contribution >= 4 is 50.6 Å². The number of halogens is 5. The first kappa shape index (κ1) is 23.3. The maximum absolute atomic E-state index is 12.8. The normalized spacial score (nSPS) is 11.5. The highest BCUT2D eigenvalue weighted by molar-refractivity contribution is 14.1. The number of hydrazone groups is 1. The minimum atomic E-state index is -4.53. The van der Waals surface area contributed by atoms with Gasteiger partial charge >= 0.3 is 6.18 Å². The molecule has 0 saturated carbocycles. The van der Waals surface area contributed by atoms with Crippen molar-refractivity contribution in [2.24, 2.45) is 5.10 Å². The number of alkyl halides is 3. The summed E-state index contributed by atoms with van der Waals surface area (Å²) < 4.78 is 46.2. The van der Waals surface area contributed by atoms with Crippen LogP contribution in [0.15, 0.2) is 76.3 Å². The molecule has 0 heterocycles. The van der Waals surface area contributed by atoms with E-state index in [0.29, 0.717) is 17.9 Å². The molecule has 0 aliphatic carbocycles. The van der Waals surface area contributed by atoms with Gasteiger partial charge in [0, 0.05) is 19.2 Å². The molecule has 0 aliphatic heterocycles. The van der Waals surface area contributed by atoms with Crippen molar-refractivity contribution in [2.45, 2.75) is 12.8 Å². The fourth-order valence-corrected chi connectivity index (χ4v) is 3.29. The van der Waals surface area contributed by atoms with E-state index in [1.165, 1.54) is 18.3 Å². The number of nitrogens with zero attached hydrogens (tertiary/aromatic N) is 1. The number of benzene rings is 3. The summed E-state index contributed by atoms with van der Waals surface area (Å²) in [5.74, 6) is -0.211. The van der Waals surface area contributed by atoms with Gasteiger partial charge in [-0.05, 0) is 76.7 Å². The number of hydrogen-bond acceptors (Lipinski definition) is 3. The highest BCUT2D eigenvalue weighted by atomic mass is 127. The first-order valence-corrected chi connectivity index (χ1v) is 10.8. The lowest BCUT2D eigenvalue weighted by Gasteiger charge is -2.10. The Bertz CT molecular complexity index is 1100. The van der Waals surface area contributed by atoms with Crippen LogP contribution in [0.4, 0.5) is 13.2 Å². The van der Waals surface area contributed by atoms with E-state index < -0.39 is 17.6 Å². The molecule has 1 N–H and O–H groups in total. The number of nitrogens with one attached hydrogen (secondary N) is 1. The van der Waals surface area contributed by atoms with E-state index in [9.17, 15) is 18.0 Å². The fraction of sp³-hybridized carbons (Fsp3) is 0.0909. The van der Waals surface area contributed by atoms with Gasteiger partial charge in [-0.25, -0.2) is 5.43 Å². The highest BCUT2D eigenvalue weighted by Crippen LogP contribution is 2.29. The lowest BCUT2D eigenvalue weighted by Crippen LogP contribution is -2.18. The van der Waals surface area contributed by atoms with Crippen molar-refractivity contribution < 1.29 is 22.7 Å². The van der Waals surface area contributed by atoms with Gasteiger partial charge in [0.1, 0.15) is 12.4 Å². The summed E-state index contributed by atoms with van der Waals surface area (Å²) in [5, 5.41) is 3.87. The molecule has 3 aromatic carbocycles. The van der Waals surface area contributed by atoms with E-state index in [2.05, 4.69) is 49.0 Å². The number of rotatable bonds is 6. The molecule has 0 aromatic heterocycles. The molecule has 1 amide bonds. The SMILES string of the molecule is O=C(N/N=C\c1cc(Br)ccc1OCc1ccc(I)cc1)c1cccc(C(F)(F)F)c1. The van der Waals surface area contributed by atoms with Crippen LogP contribution in [0.3, 0.4) is 0 Å². The van der Waals surface area contributed by atoms with E-state index in [1.54, 1.807) is 12.1 Å². The molecule has 0 saturated heterocycles. The second-order valence-corrected chi connectivity index (χ2v) is 8.54. The predicted molar refractivity (Wildman–Crippen MR) is 124 cm³/mol. The maximum atomic E-state index is 12.8. The topological polar surface area (TPSA) is 50.7 Å². The number of hydrogen-bond donors (Lipinski definition) is 1. The Morgan fingerprint density at radius 3 is 2.55 bits per heavy atom. The molecule has 9 heteroatoms. The molecule has 0 fully saturated rings. The van der Waals surface area contributed by atoms with Gasteiger partial charge in [0.15, 0.2) is 0 Å². The summed E-state index contributed by atoms with van der Waals surface area (Å²) in [4.78, 5) is 12.2. The average molecular weight is 603 g/mol. The predicted octanol–water partition coefficient (Wildman–Crippen LogP) is 6.42. The Balaban J connectivity index is 1.69. The van der Waals surface area contributed by atoms with Crippen LogP contribution in [-0.2, 0) is 12.8 Å². The van der Waals surface area contributed by atoms with Gasteiger partial charge in [-0.1, -0.05) is 34.1 Å². The molecule has 0 atom stereocenters. The Morgan fingerprint density at radius 1 is 1.10 bits per heavy atom. The van der Waals surface area contributed by atoms with Gasteiger partial charge in [-0.15, -0.1) is 0 Å². The molecular weight excluding hydrogens is 588 g/mol. The smallest absolute Gasteiger partial charge is 0.416 e. The van der Waals surface area contributed by atoms with Crippen molar-refractivity contribution in [2.75, 3.05) is 0 Å². The zero-order chi connectivity index (χ0) is 22.4. The van der Waals surface area contributed by atoms with Crippen molar-refractivity contribution in [3.63, 3.8) is 0 Å². The van der Waals surface area contributed by atoms with Crippen LogP contribution in [0.25, 0.3) is 0 Å². The summed E-state index contributed by atoms with van der Waals surface area (Å²) in [6, 6.07) is 17.3. The Hall–Kier alpha value is -2.40. The Morgan fingerprint density at radius 2 is 1.84 bits per heavy atom. The minimum absolute atomic E-state index is 0.142. The second-order valence-electron chi connectivity index (χ2n) is 6.37. The molecule has 4 nitrogen and oxygen atoms in total. The van der Waals surface area contributed by atoms with E-state index in [0.717, 1.165) is 25.7 Å². The van der Waals surface area contributed by atoms with Crippen molar-refractivity contribution in [3.8, 4) is 5.75 Å². The van der Waals surface area contributed by atoms with Crippen LogP contribution < -0.4 is 10.2 Å². The van der Waals surface area contributed by atoms with Gasteiger partial charge in [0.25, 0.3) is 5.91 Å². The monoisotopic (exact) mass is 602 g/mol. The van der Waals surface area contributed by atoms with Crippen LogP contribution in [0.1, 0.15) is 27.0 Å².